The first kappa shape index (κ1) is 15.4. The van der Waals surface area contributed by atoms with Gasteiger partial charge in [-0.2, -0.15) is 0 Å². The van der Waals surface area contributed by atoms with Crippen LogP contribution in [0.4, 0.5) is 0 Å². The highest BCUT2D eigenvalue weighted by Gasteiger charge is 2.15. The van der Waals surface area contributed by atoms with E-state index in [2.05, 4.69) is 9.80 Å². The van der Waals surface area contributed by atoms with Gasteiger partial charge in [0.05, 0.1) is 19.8 Å². The molecule has 0 aromatic carbocycles. The number of carbonyl (C=O) groups excluding carboxylic acids is 1. The molecule has 0 radical (unpaired) electrons. The van der Waals surface area contributed by atoms with Crippen LogP contribution in [0.3, 0.4) is 0 Å². The van der Waals surface area contributed by atoms with Gasteiger partial charge < -0.3 is 14.6 Å². The summed E-state index contributed by atoms with van der Waals surface area (Å²) in [6, 6.07) is 0. The zero-order valence-electron chi connectivity index (χ0n) is 11.1. The van der Waals surface area contributed by atoms with Crippen LogP contribution in [0.25, 0.3) is 0 Å². The van der Waals surface area contributed by atoms with Crippen molar-refractivity contribution in [1.82, 2.24) is 9.80 Å². The number of rotatable bonds is 8. The van der Waals surface area contributed by atoms with E-state index in [0.29, 0.717) is 19.8 Å². The lowest BCUT2D eigenvalue weighted by atomic mass is 10.3. The molecule has 106 valence electrons. The minimum Gasteiger partial charge on any atom is -0.463 e. The summed E-state index contributed by atoms with van der Waals surface area (Å²) in [5, 5.41) is 8.84. The molecule has 6 nitrogen and oxygen atoms in total. The second-order valence-electron chi connectivity index (χ2n) is 4.36. The van der Waals surface area contributed by atoms with Crippen LogP contribution in [0.1, 0.15) is 6.92 Å². The van der Waals surface area contributed by atoms with Gasteiger partial charge in [0.2, 0.25) is 0 Å². The van der Waals surface area contributed by atoms with Crippen molar-refractivity contribution in [3.05, 3.63) is 0 Å². The van der Waals surface area contributed by atoms with Gasteiger partial charge in [0.1, 0.15) is 6.61 Å². The molecule has 1 saturated heterocycles. The van der Waals surface area contributed by atoms with E-state index in [0.717, 1.165) is 39.3 Å². The summed E-state index contributed by atoms with van der Waals surface area (Å²) in [4.78, 5) is 15.1. The number of carbonyl (C=O) groups is 1. The van der Waals surface area contributed by atoms with Crippen LogP contribution in [0.5, 0.6) is 0 Å². The van der Waals surface area contributed by atoms with E-state index >= 15 is 0 Å². The van der Waals surface area contributed by atoms with Gasteiger partial charge in [-0.1, -0.05) is 0 Å². The molecule has 0 saturated carbocycles. The molecule has 1 aliphatic heterocycles. The largest absolute Gasteiger partial charge is 0.463 e. The lowest BCUT2D eigenvalue weighted by Gasteiger charge is -2.34. The van der Waals surface area contributed by atoms with E-state index in [1.165, 1.54) is 6.92 Å². The Bertz CT molecular complexity index is 230. The van der Waals surface area contributed by atoms with Crippen LogP contribution in [-0.4, -0.2) is 86.6 Å². The second-order valence-corrected chi connectivity index (χ2v) is 4.36. The van der Waals surface area contributed by atoms with Gasteiger partial charge in [-0.15, -0.1) is 0 Å². The fourth-order valence-corrected chi connectivity index (χ4v) is 1.92. The normalized spacial score (nSPS) is 17.9. The monoisotopic (exact) mass is 260 g/mol. The van der Waals surface area contributed by atoms with E-state index in [-0.39, 0.29) is 12.6 Å². The van der Waals surface area contributed by atoms with Crippen molar-refractivity contribution in [3.63, 3.8) is 0 Å². The Morgan fingerprint density at radius 2 is 1.67 bits per heavy atom. The first-order chi connectivity index (χ1) is 8.72. The molecule has 18 heavy (non-hydrogen) atoms. The molecule has 0 amide bonds. The zero-order chi connectivity index (χ0) is 13.2. The van der Waals surface area contributed by atoms with Gasteiger partial charge in [0.25, 0.3) is 0 Å². The maximum atomic E-state index is 10.5. The van der Waals surface area contributed by atoms with Gasteiger partial charge in [0.15, 0.2) is 0 Å². The number of ether oxygens (including phenoxy) is 2. The summed E-state index contributed by atoms with van der Waals surface area (Å²) in [5.41, 5.74) is 0. The van der Waals surface area contributed by atoms with Crippen LogP contribution < -0.4 is 0 Å². The third-order valence-electron chi connectivity index (χ3n) is 2.97. The second kappa shape index (κ2) is 9.27. The molecular formula is C12H24N2O4. The highest BCUT2D eigenvalue weighted by Crippen LogP contribution is 2.00. The molecule has 0 aromatic rings. The molecule has 0 atom stereocenters. The van der Waals surface area contributed by atoms with Crippen molar-refractivity contribution >= 4 is 5.97 Å². The molecule has 0 aromatic heterocycles. The van der Waals surface area contributed by atoms with Crippen molar-refractivity contribution in [2.24, 2.45) is 0 Å². The lowest BCUT2D eigenvalue weighted by molar-refractivity contribution is -0.142. The molecule has 1 aliphatic rings. The van der Waals surface area contributed by atoms with Crippen LogP contribution in [-0.2, 0) is 14.3 Å². The number of piperazine rings is 1. The number of β-amino-alcohol motifs (C(OH)–C–C–N with tert-alkyl or cyclic N) is 1. The Morgan fingerprint density at radius 3 is 2.22 bits per heavy atom. The Labute approximate surface area is 108 Å². The van der Waals surface area contributed by atoms with Gasteiger partial charge in [-0.3, -0.25) is 14.6 Å². The molecule has 1 rings (SSSR count). The molecule has 0 unspecified atom stereocenters. The topological polar surface area (TPSA) is 62.2 Å². The maximum absolute atomic E-state index is 10.5. The molecular weight excluding hydrogens is 236 g/mol. The fourth-order valence-electron chi connectivity index (χ4n) is 1.92. The van der Waals surface area contributed by atoms with Crippen molar-refractivity contribution < 1.29 is 19.4 Å². The number of aliphatic hydroxyl groups excluding tert-OH is 1. The molecule has 1 fully saturated rings. The highest BCUT2D eigenvalue weighted by atomic mass is 16.6. The van der Waals surface area contributed by atoms with E-state index in [1.807, 2.05) is 0 Å². The van der Waals surface area contributed by atoms with Crippen LogP contribution in [0.15, 0.2) is 0 Å². The predicted molar refractivity (Wildman–Crippen MR) is 67.4 cm³/mol. The molecule has 0 spiro atoms. The first-order valence-corrected chi connectivity index (χ1v) is 6.49. The predicted octanol–water partition coefficient (Wildman–Crippen LogP) is -0.824. The number of esters is 1. The Hall–Kier alpha value is -0.690. The summed E-state index contributed by atoms with van der Waals surface area (Å²) in [7, 11) is 0. The molecule has 1 heterocycles. The van der Waals surface area contributed by atoms with Crippen molar-refractivity contribution in [1.29, 1.82) is 0 Å². The van der Waals surface area contributed by atoms with E-state index < -0.39 is 0 Å². The van der Waals surface area contributed by atoms with Gasteiger partial charge in [-0.25, -0.2) is 0 Å². The third kappa shape index (κ3) is 6.90. The molecule has 0 aliphatic carbocycles. The Morgan fingerprint density at radius 1 is 1.06 bits per heavy atom. The lowest BCUT2D eigenvalue weighted by Crippen LogP contribution is -2.47. The average molecular weight is 260 g/mol. The summed E-state index contributed by atoms with van der Waals surface area (Å²) in [6.07, 6.45) is 0. The number of hydrogen-bond acceptors (Lipinski definition) is 6. The quantitative estimate of drug-likeness (QED) is 0.454. The zero-order valence-corrected chi connectivity index (χ0v) is 11.1. The summed E-state index contributed by atoms with van der Waals surface area (Å²) in [5.74, 6) is -0.265. The third-order valence-corrected chi connectivity index (χ3v) is 2.97. The Kier molecular flexibility index (Phi) is 7.91. The number of aliphatic hydroxyl groups is 1. The van der Waals surface area contributed by atoms with E-state index in [4.69, 9.17) is 14.6 Å². The Balaban J connectivity index is 1.93. The SMILES string of the molecule is CC(=O)OCCOCCN1CCN(CCO)CC1. The summed E-state index contributed by atoms with van der Waals surface area (Å²) in [6.45, 7) is 8.83. The maximum Gasteiger partial charge on any atom is 0.302 e. The first-order valence-electron chi connectivity index (χ1n) is 6.49. The summed E-state index contributed by atoms with van der Waals surface area (Å²) < 4.78 is 10.2. The molecule has 0 bridgehead atoms. The van der Waals surface area contributed by atoms with Crippen molar-refractivity contribution in [3.8, 4) is 0 Å². The van der Waals surface area contributed by atoms with E-state index in [9.17, 15) is 4.79 Å². The smallest absolute Gasteiger partial charge is 0.302 e. The molecule has 6 heteroatoms. The van der Waals surface area contributed by atoms with Crippen molar-refractivity contribution in [2.45, 2.75) is 6.92 Å². The van der Waals surface area contributed by atoms with Crippen molar-refractivity contribution in [2.75, 3.05) is 65.7 Å². The van der Waals surface area contributed by atoms with Gasteiger partial charge >= 0.3 is 5.97 Å². The van der Waals surface area contributed by atoms with Crippen LogP contribution in [0, 0.1) is 0 Å². The van der Waals surface area contributed by atoms with Gasteiger partial charge in [0, 0.05) is 46.2 Å². The molecule has 1 N–H and O–H groups in total. The highest BCUT2D eigenvalue weighted by molar-refractivity contribution is 5.65. The number of nitrogens with zero attached hydrogens (tertiary/aromatic N) is 2. The van der Waals surface area contributed by atoms with E-state index in [1.54, 1.807) is 0 Å². The number of hydrogen-bond donors (Lipinski definition) is 1. The minimum absolute atomic E-state index is 0.235. The van der Waals surface area contributed by atoms with Crippen LogP contribution >= 0.6 is 0 Å². The van der Waals surface area contributed by atoms with Gasteiger partial charge in [-0.05, 0) is 0 Å². The standard InChI is InChI=1S/C12H24N2O4/c1-12(16)18-11-10-17-9-7-14-4-2-13(3-5-14)6-8-15/h15H,2-11H2,1H3. The minimum atomic E-state index is -0.265. The average Bonchev–Trinajstić information content (AvgIpc) is 2.35. The van der Waals surface area contributed by atoms with Crippen LogP contribution in [0.2, 0.25) is 0 Å². The fraction of sp³-hybridized carbons (Fsp3) is 0.917. The summed E-state index contributed by atoms with van der Waals surface area (Å²) >= 11 is 0.